The number of carboxylic acids is 1. The van der Waals surface area contributed by atoms with E-state index in [-0.39, 0.29) is 18.8 Å². The zero-order valence-corrected chi connectivity index (χ0v) is 22.8. The fourth-order valence-electron chi connectivity index (χ4n) is 4.97. The zero-order valence-electron chi connectivity index (χ0n) is 22.8. The van der Waals surface area contributed by atoms with E-state index in [2.05, 4.69) is 22.2 Å². The molecule has 2 aliphatic rings. The number of aryl methyl sites for hydroxylation is 1. The van der Waals surface area contributed by atoms with Gasteiger partial charge in [-0.05, 0) is 63.6 Å². The van der Waals surface area contributed by atoms with Gasteiger partial charge in [0.05, 0.1) is 23.7 Å². The second-order valence-electron chi connectivity index (χ2n) is 11.3. The first kappa shape index (κ1) is 28.3. The van der Waals surface area contributed by atoms with E-state index in [1.165, 1.54) is 26.0 Å². The van der Waals surface area contributed by atoms with E-state index in [1.807, 2.05) is 0 Å². The summed E-state index contributed by atoms with van der Waals surface area (Å²) < 4.78 is 18.9. The SMILES string of the molecule is Cc1nc(NC2CC(=O)N(CC(C)(C)C(=O)O)C(=O)N2CC2CCC(C)CC2)ccc1Oc1ccc(F)cn1. The van der Waals surface area contributed by atoms with E-state index in [0.29, 0.717) is 35.6 Å². The molecule has 1 saturated carbocycles. The van der Waals surface area contributed by atoms with Gasteiger partial charge < -0.3 is 20.1 Å². The van der Waals surface area contributed by atoms with Crippen molar-refractivity contribution in [3.63, 3.8) is 0 Å². The van der Waals surface area contributed by atoms with Gasteiger partial charge in [0.1, 0.15) is 17.8 Å². The summed E-state index contributed by atoms with van der Waals surface area (Å²) in [5.74, 6) is 0.0945. The maximum Gasteiger partial charge on any atom is 0.328 e. The third-order valence-corrected chi connectivity index (χ3v) is 7.51. The summed E-state index contributed by atoms with van der Waals surface area (Å²) in [7, 11) is 0. The molecule has 4 rings (SSSR count). The van der Waals surface area contributed by atoms with Crippen LogP contribution in [0.2, 0.25) is 0 Å². The van der Waals surface area contributed by atoms with E-state index in [4.69, 9.17) is 4.74 Å². The zero-order chi connectivity index (χ0) is 28.3. The molecular formula is C28H36FN5O5. The topological polar surface area (TPSA) is 125 Å². The Morgan fingerprint density at radius 2 is 1.90 bits per heavy atom. The second-order valence-corrected chi connectivity index (χ2v) is 11.3. The Kier molecular flexibility index (Phi) is 8.36. The minimum absolute atomic E-state index is 0.0109. The lowest BCUT2D eigenvalue weighted by Gasteiger charge is -2.44. The van der Waals surface area contributed by atoms with Crippen molar-refractivity contribution in [3.8, 4) is 11.6 Å². The van der Waals surface area contributed by atoms with Crippen LogP contribution in [0.25, 0.3) is 0 Å². The molecule has 1 aliphatic carbocycles. The first-order chi connectivity index (χ1) is 18.4. The number of carbonyl (C=O) groups excluding carboxylic acids is 2. The van der Waals surface area contributed by atoms with Crippen LogP contribution in [-0.2, 0) is 9.59 Å². The van der Waals surface area contributed by atoms with Gasteiger partial charge in [0.15, 0.2) is 5.75 Å². The molecule has 39 heavy (non-hydrogen) atoms. The number of ether oxygens (including phenoxy) is 1. The van der Waals surface area contributed by atoms with Crippen LogP contribution < -0.4 is 10.1 Å². The van der Waals surface area contributed by atoms with E-state index >= 15 is 0 Å². The van der Waals surface area contributed by atoms with Crippen molar-refractivity contribution in [1.82, 2.24) is 19.8 Å². The Hall–Kier alpha value is -3.76. The minimum Gasteiger partial charge on any atom is -0.481 e. The van der Waals surface area contributed by atoms with E-state index < -0.39 is 35.3 Å². The highest BCUT2D eigenvalue weighted by molar-refractivity contribution is 5.98. The van der Waals surface area contributed by atoms with Crippen LogP contribution in [0.4, 0.5) is 15.0 Å². The van der Waals surface area contributed by atoms with Crippen molar-refractivity contribution in [2.75, 3.05) is 18.4 Å². The Morgan fingerprint density at radius 3 is 2.51 bits per heavy atom. The molecule has 0 spiro atoms. The molecule has 0 radical (unpaired) electrons. The number of pyridine rings is 2. The van der Waals surface area contributed by atoms with Gasteiger partial charge in [-0.3, -0.25) is 14.5 Å². The smallest absolute Gasteiger partial charge is 0.328 e. The van der Waals surface area contributed by atoms with Crippen molar-refractivity contribution >= 4 is 23.7 Å². The lowest BCUT2D eigenvalue weighted by Crippen LogP contribution is -2.62. The number of nitrogens with one attached hydrogen (secondary N) is 1. The molecule has 2 aromatic heterocycles. The van der Waals surface area contributed by atoms with Crippen molar-refractivity contribution in [1.29, 1.82) is 0 Å². The molecule has 3 heterocycles. The summed E-state index contributed by atoms with van der Waals surface area (Å²) >= 11 is 0. The number of aliphatic carboxylic acids is 1. The molecule has 3 amide bonds. The van der Waals surface area contributed by atoms with E-state index in [0.717, 1.165) is 36.8 Å². The van der Waals surface area contributed by atoms with Gasteiger partial charge >= 0.3 is 12.0 Å². The second kappa shape index (κ2) is 11.5. The molecule has 2 aromatic rings. The van der Waals surface area contributed by atoms with Gasteiger partial charge in [0, 0.05) is 19.2 Å². The molecule has 10 nitrogen and oxygen atoms in total. The lowest BCUT2D eigenvalue weighted by atomic mass is 9.82. The summed E-state index contributed by atoms with van der Waals surface area (Å²) in [6, 6.07) is 5.55. The number of hydrogen-bond donors (Lipinski definition) is 2. The van der Waals surface area contributed by atoms with Gasteiger partial charge in [-0.2, -0.15) is 0 Å². The fraction of sp³-hybridized carbons (Fsp3) is 0.536. The monoisotopic (exact) mass is 541 g/mol. The Labute approximate surface area is 227 Å². The number of urea groups is 1. The summed E-state index contributed by atoms with van der Waals surface area (Å²) in [6.45, 7) is 7.25. The number of carbonyl (C=O) groups is 3. The number of halogens is 1. The van der Waals surface area contributed by atoms with Crippen molar-refractivity contribution in [2.24, 2.45) is 17.3 Å². The number of hydrogen-bond acceptors (Lipinski definition) is 7. The van der Waals surface area contributed by atoms with Gasteiger partial charge in [-0.15, -0.1) is 0 Å². The van der Waals surface area contributed by atoms with Crippen molar-refractivity contribution in [2.45, 2.75) is 66.0 Å². The molecule has 0 aromatic carbocycles. The predicted octanol–water partition coefficient (Wildman–Crippen LogP) is 5.05. The maximum atomic E-state index is 13.6. The highest BCUT2D eigenvalue weighted by atomic mass is 19.1. The molecule has 0 bridgehead atoms. The standard InChI is InChI=1S/C28H36FN5O5/c1-17-5-7-19(8-6-17)15-33-23(13-25(35)34(27(33)38)16-28(3,4)26(36)37)32-22-11-10-21(18(2)31-22)39-24-12-9-20(29)14-30-24/h9-12,14,17,19,23H,5-8,13,15-16H2,1-4H3,(H,31,32)(H,36,37). The van der Waals surface area contributed by atoms with E-state index in [9.17, 15) is 23.9 Å². The normalized spacial score (nSPS) is 22.1. The number of amides is 3. The van der Waals surface area contributed by atoms with Gasteiger partial charge in [0.25, 0.3) is 0 Å². The predicted molar refractivity (Wildman–Crippen MR) is 142 cm³/mol. The van der Waals surface area contributed by atoms with Crippen LogP contribution in [0, 0.1) is 30.0 Å². The first-order valence-electron chi connectivity index (χ1n) is 13.3. The van der Waals surface area contributed by atoms with Crippen LogP contribution in [0.15, 0.2) is 30.5 Å². The number of carboxylic acid groups (broad SMARTS) is 1. The first-order valence-corrected chi connectivity index (χ1v) is 13.3. The Balaban J connectivity index is 1.53. The molecule has 1 atom stereocenters. The minimum atomic E-state index is -1.27. The van der Waals surface area contributed by atoms with E-state index in [1.54, 1.807) is 24.0 Å². The van der Waals surface area contributed by atoms with Gasteiger partial charge in [-0.25, -0.2) is 19.2 Å². The number of imide groups is 1. The molecule has 2 N–H and O–H groups in total. The summed E-state index contributed by atoms with van der Waals surface area (Å²) in [4.78, 5) is 49.6. The molecule has 1 unspecified atom stereocenters. The Bertz CT molecular complexity index is 1210. The molecule has 2 fully saturated rings. The molecule has 1 aliphatic heterocycles. The number of rotatable bonds is 9. The van der Waals surface area contributed by atoms with Crippen molar-refractivity contribution < 1.29 is 28.6 Å². The quantitative estimate of drug-likeness (QED) is 0.452. The van der Waals surface area contributed by atoms with Crippen LogP contribution >= 0.6 is 0 Å². The van der Waals surface area contributed by atoms with Gasteiger partial charge in [-0.1, -0.05) is 19.8 Å². The highest BCUT2D eigenvalue weighted by Gasteiger charge is 2.43. The van der Waals surface area contributed by atoms with Crippen LogP contribution in [0.1, 0.15) is 58.6 Å². The van der Waals surface area contributed by atoms with Crippen LogP contribution in [-0.4, -0.2) is 62.0 Å². The molecule has 11 heteroatoms. The number of aromatic nitrogens is 2. The largest absolute Gasteiger partial charge is 0.481 e. The number of nitrogens with zero attached hydrogens (tertiary/aromatic N) is 4. The summed E-state index contributed by atoms with van der Waals surface area (Å²) in [5.41, 5.74) is -0.733. The third-order valence-electron chi connectivity index (χ3n) is 7.51. The van der Waals surface area contributed by atoms with Crippen molar-refractivity contribution in [3.05, 3.63) is 42.0 Å². The summed E-state index contributed by atoms with van der Waals surface area (Å²) in [5, 5.41) is 12.8. The Morgan fingerprint density at radius 1 is 1.18 bits per heavy atom. The third kappa shape index (κ3) is 6.82. The maximum absolute atomic E-state index is 13.6. The van der Waals surface area contributed by atoms with Gasteiger partial charge in [0.2, 0.25) is 11.8 Å². The highest BCUT2D eigenvalue weighted by Crippen LogP contribution is 2.32. The van der Waals surface area contributed by atoms with Crippen LogP contribution in [0.5, 0.6) is 11.6 Å². The average molecular weight is 542 g/mol. The van der Waals surface area contributed by atoms with Crippen LogP contribution in [0.3, 0.4) is 0 Å². The number of anilines is 1. The molecule has 1 saturated heterocycles. The fourth-order valence-corrected chi connectivity index (χ4v) is 4.97. The molecular weight excluding hydrogens is 505 g/mol. The summed E-state index contributed by atoms with van der Waals surface area (Å²) in [6.07, 6.45) is 4.58. The average Bonchev–Trinajstić information content (AvgIpc) is 2.88. The lowest BCUT2D eigenvalue weighted by molar-refractivity contribution is -0.149. The molecule has 210 valence electrons.